The van der Waals surface area contributed by atoms with E-state index in [9.17, 15) is 4.79 Å². The summed E-state index contributed by atoms with van der Waals surface area (Å²) >= 11 is 9.27. The smallest absolute Gasteiger partial charge is 0.255 e. The third kappa shape index (κ3) is 3.28. The molecule has 0 radical (unpaired) electrons. The number of aryl methyl sites for hydroxylation is 1. The Balaban J connectivity index is 2.20. The second-order valence-corrected chi connectivity index (χ2v) is 5.42. The van der Waals surface area contributed by atoms with Gasteiger partial charge in [-0.3, -0.25) is 4.79 Å². The molecule has 0 bridgehead atoms. The van der Waals surface area contributed by atoms with Crippen molar-refractivity contribution in [1.29, 1.82) is 0 Å². The van der Waals surface area contributed by atoms with Crippen molar-refractivity contribution in [2.45, 2.75) is 6.92 Å². The number of amides is 1. The SMILES string of the molecule is Cc1ccc(C(=O)Nc2ccc(Br)c(Cl)c2)cc1N. The van der Waals surface area contributed by atoms with Crippen molar-refractivity contribution in [1.82, 2.24) is 0 Å². The molecule has 5 heteroatoms. The molecule has 0 atom stereocenters. The van der Waals surface area contributed by atoms with Gasteiger partial charge in [-0.1, -0.05) is 17.7 Å². The Labute approximate surface area is 124 Å². The Morgan fingerprint density at radius 3 is 2.63 bits per heavy atom. The van der Waals surface area contributed by atoms with Gasteiger partial charge in [0.05, 0.1) is 5.02 Å². The summed E-state index contributed by atoms with van der Waals surface area (Å²) in [5.74, 6) is -0.218. The Hall–Kier alpha value is -1.52. The highest BCUT2D eigenvalue weighted by atomic mass is 79.9. The van der Waals surface area contributed by atoms with Crippen molar-refractivity contribution in [3.05, 3.63) is 57.0 Å². The molecule has 2 aromatic rings. The molecule has 0 unspecified atom stereocenters. The number of nitrogens with two attached hydrogens (primary N) is 1. The van der Waals surface area contributed by atoms with Gasteiger partial charge in [0.15, 0.2) is 0 Å². The number of nitrogen functional groups attached to an aromatic ring is 1. The average molecular weight is 340 g/mol. The van der Waals surface area contributed by atoms with Gasteiger partial charge in [0.25, 0.3) is 5.91 Å². The van der Waals surface area contributed by atoms with Crippen LogP contribution < -0.4 is 11.1 Å². The van der Waals surface area contributed by atoms with Gasteiger partial charge in [0, 0.05) is 21.4 Å². The summed E-state index contributed by atoms with van der Waals surface area (Å²) in [7, 11) is 0. The van der Waals surface area contributed by atoms with Gasteiger partial charge < -0.3 is 11.1 Å². The predicted octanol–water partition coefficient (Wildman–Crippen LogP) is 4.25. The summed E-state index contributed by atoms with van der Waals surface area (Å²) in [5.41, 5.74) is 8.49. The highest BCUT2D eigenvalue weighted by Gasteiger charge is 2.08. The number of benzene rings is 2. The molecule has 3 N–H and O–H groups in total. The minimum absolute atomic E-state index is 0.218. The topological polar surface area (TPSA) is 55.1 Å². The van der Waals surface area contributed by atoms with Crippen LogP contribution in [0.3, 0.4) is 0 Å². The van der Waals surface area contributed by atoms with E-state index in [1.54, 1.807) is 30.3 Å². The van der Waals surface area contributed by atoms with E-state index in [0.717, 1.165) is 10.0 Å². The highest BCUT2D eigenvalue weighted by molar-refractivity contribution is 9.10. The molecule has 0 aliphatic rings. The maximum Gasteiger partial charge on any atom is 0.255 e. The first-order valence-electron chi connectivity index (χ1n) is 5.60. The molecule has 0 heterocycles. The number of carbonyl (C=O) groups excluding carboxylic acids is 1. The monoisotopic (exact) mass is 338 g/mol. The summed E-state index contributed by atoms with van der Waals surface area (Å²) in [4.78, 5) is 12.1. The molecule has 0 aromatic heterocycles. The molecular weight excluding hydrogens is 328 g/mol. The molecule has 98 valence electrons. The largest absolute Gasteiger partial charge is 0.398 e. The number of rotatable bonds is 2. The summed E-state index contributed by atoms with van der Waals surface area (Å²) < 4.78 is 0.784. The lowest BCUT2D eigenvalue weighted by molar-refractivity contribution is 0.102. The minimum Gasteiger partial charge on any atom is -0.398 e. The molecule has 2 aromatic carbocycles. The van der Waals surface area contributed by atoms with Gasteiger partial charge in [0.1, 0.15) is 0 Å². The van der Waals surface area contributed by atoms with Crippen LogP contribution in [0.2, 0.25) is 5.02 Å². The van der Waals surface area contributed by atoms with E-state index in [-0.39, 0.29) is 5.91 Å². The van der Waals surface area contributed by atoms with Crippen molar-refractivity contribution in [2.24, 2.45) is 0 Å². The highest BCUT2D eigenvalue weighted by Crippen LogP contribution is 2.26. The fourth-order valence-corrected chi connectivity index (χ4v) is 1.99. The summed E-state index contributed by atoms with van der Waals surface area (Å²) in [6, 6.07) is 10.4. The van der Waals surface area contributed by atoms with Crippen molar-refractivity contribution in [3.63, 3.8) is 0 Å². The number of hydrogen-bond donors (Lipinski definition) is 2. The lowest BCUT2D eigenvalue weighted by Gasteiger charge is -2.08. The fraction of sp³-hybridized carbons (Fsp3) is 0.0714. The molecule has 1 amide bonds. The Morgan fingerprint density at radius 1 is 1.26 bits per heavy atom. The third-order valence-electron chi connectivity index (χ3n) is 2.72. The van der Waals surface area contributed by atoms with Crippen LogP contribution in [-0.4, -0.2) is 5.91 Å². The predicted molar refractivity (Wildman–Crippen MR) is 82.7 cm³/mol. The molecule has 0 spiro atoms. The Kier molecular flexibility index (Phi) is 4.12. The van der Waals surface area contributed by atoms with Gasteiger partial charge in [-0.2, -0.15) is 0 Å². The zero-order chi connectivity index (χ0) is 14.0. The zero-order valence-electron chi connectivity index (χ0n) is 10.2. The molecule has 19 heavy (non-hydrogen) atoms. The van der Waals surface area contributed by atoms with E-state index in [1.165, 1.54) is 0 Å². The molecule has 0 fully saturated rings. The van der Waals surface area contributed by atoms with E-state index in [0.29, 0.717) is 22.0 Å². The van der Waals surface area contributed by atoms with Crippen molar-refractivity contribution >= 4 is 44.8 Å². The van der Waals surface area contributed by atoms with Crippen LogP contribution in [0.5, 0.6) is 0 Å². The van der Waals surface area contributed by atoms with Crippen LogP contribution in [0.15, 0.2) is 40.9 Å². The Morgan fingerprint density at radius 2 is 2.00 bits per heavy atom. The van der Waals surface area contributed by atoms with Crippen LogP contribution in [0.4, 0.5) is 11.4 Å². The lowest BCUT2D eigenvalue weighted by Crippen LogP contribution is -2.12. The standard InChI is InChI=1S/C14H12BrClN2O/c1-8-2-3-9(6-13(8)17)14(19)18-10-4-5-11(15)12(16)7-10/h2-7H,17H2,1H3,(H,18,19). The molecule has 0 aliphatic carbocycles. The van der Waals surface area contributed by atoms with Gasteiger partial charge in [-0.25, -0.2) is 0 Å². The zero-order valence-corrected chi connectivity index (χ0v) is 12.5. The second-order valence-electron chi connectivity index (χ2n) is 4.15. The van der Waals surface area contributed by atoms with Crippen LogP contribution in [-0.2, 0) is 0 Å². The summed E-state index contributed by atoms with van der Waals surface area (Å²) in [6.07, 6.45) is 0. The molecule has 2 rings (SSSR count). The number of nitrogens with one attached hydrogen (secondary N) is 1. The normalized spacial score (nSPS) is 10.3. The van der Waals surface area contributed by atoms with E-state index in [4.69, 9.17) is 17.3 Å². The molecule has 3 nitrogen and oxygen atoms in total. The minimum atomic E-state index is -0.218. The fourth-order valence-electron chi connectivity index (χ4n) is 1.56. The Bertz CT molecular complexity index is 643. The number of hydrogen-bond acceptors (Lipinski definition) is 2. The van der Waals surface area contributed by atoms with Crippen LogP contribution >= 0.6 is 27.5 Å². The van der Waals surface area contributed by atoms with Gasteiger partial charge in [-0.15, -0.1) is 0 Å². The van der Waals surface area contributed by atoms with E-state index in [1.807, 2.05) is 13.0 Å². The third-order valence-corrected chi connectivity index (χ3v) is 3.95. The first kappa shape index (κ1) is 13.9. The van der Waals surface area contributed by atoms with Gasteiger partial charge in [-0.05, 0) is 58.7 Å². The summed E-state index contributed by atoms with van der Waals surface area (Å²) in [5, 5.41) is 3.32. The maximum atomic E-state index is 12.1. The average Bonchev–Trinajstić information content (AvgIpc) is 2.37. The van der Waals surface area contributed by atoms with Crippen molar-refractivity contribution in [2.75, 3.05) is 11.1 Å². The van der Waals surface area contributed by atoms with Crippen LogP contribution in [0.25, 0.3) is 0 Å². The number of anilines is 2. The van der Waals surface area contributed by atoms with E-state index in [2.05, 4.69) is 21.2 Å². The molecule has 0 aliphatic heterocycles. The first-order chi connectivity index (χ1) is 8.97. The molecule has 0 saturated carbocycles. The van der Waals surface area contributed by atoms with E-state index >= 15 is 0 Å². The maximum absolute atomic E-state index is 12.1. The molecule has 0 saturated heterocycles. The quantitative estimate of drug-likeness (QED) is 0.804. The van der Waals surface area contributed by atoms with Gasteiger partial charge in [0.2, 0.25) is 0 Å². The van der Waals surface area contributed by atoms with E-state index < -0.39 is 0 Å². The summed E-state index contributed by atoms with van der Waals surface area (Å²) in [6.45, 7) is 1.89. The van der Waals surface area contributed by atoms with Crippen LogP contribution in [0.1, 0.15) is 15.9 Å². The second kappa shape index (κ2) is 5.63. The van der Waals surface area contributed by atoms with Gasteiger partial charge >= 0.3 is 0 Å². The number of halogens is 2. The van der Waals surface area contributed by atoms with Crippen LogP contribution in [0, 0.1) is 6.92 Å². The van der Waals surface area contributed by atoms with Crippen molar-refractivity contribution < 1.29 is 4.79 Å². The lowest BCUT2D eigenvalue weighted by atomic mass is 10.1. The number of carbonyl (C=O) groups is 1. The molecular formula is C14H12BrClN2O. The van der Waals surface area contributed by atoms with Crippen molar-refractivity contribution in [3.8, 4) is 0 Å². The first-order valence-corrected chi connectivity index (χ1v) is 6.77.